The minimum Gasteiger partial charge on any atom is -0.435 e. The summed E-state index contributed by atoms with van der Waals surface area (Å²) in [5, 5.41) is 16.6. The van der Waals surface area contributed by atoms with Gasteiger partial charge in [-0.2, -0.15) is 13.9 Å². The maximum Gasteiger partial charge on any atom is 0.387 e. The molecule has 4 rings (SSSR count). The minimum atomic E-state index is -2.94. The predicted octanol–water partition coefficient (Wildman–Crippen LogP) is 4.30. The topological polar surface area (TPSA) is 101 Å². The summed E-state index contributed by atoms with van der Waals surface area (Å²) in [4.78, 5) is 14.4. The van der Waals surface area contributed by atoms with Crippen LogP contribution < -0.4 is 25.6 Å². The smallest absolute Gasteiger partial charge is 0.387 e. The van der Waals surface area contributed by atoms with Gasteiger partial charge in [0.05, 0.1) is 25.1 Å². The SMILES string of the molecule is O=C(Nc1ccc(Nc2cc(N3CCOCC3)cnn2)cc1)Nc1cccc(OC(F)F)c1. The molecule has 1 fully saturated rings. The highest BCUT2D eigenvalue weighted by Crippen LogP contribution is 2.22. The van der Waals surface area contributed by atoms with Crippen molar-refractivity contribution in [3.05, 3.63) is 60.8 Å². The van der Waals surface area contributed by atoms with Crippen molar-refractivity contribution in [2.24, 2.45) is 0 Å². The molecule has 3 N–H and O–H groups in total. The summed E-state index contributed by atoms with van der Waals surface area (Å²) in [6, 6.07) is 14.2. The Morgan fingerprint density at radius 1 is 1.00 bits per heavy atom. The first-order valence-corrected chi connectivity index (χ1v) is 10.2. The van der Waals surface area contributed by atoms with Gasteiger partial charge in [-0.25, -0.2) is 4.79 Å². The molecule has 0 atom stereocenters. The van der Waals surface area contributed by atoms with E-state index in [0.29, 0.717) is 30.4 Å². The Hall–Kier alpha value is -3.99. The lowest BCUT2D eigenvalue weighted by Crippen LogP contribution is -2.36. The van der Waals surface area contributed by atoms with E-state index >= 15 is 0 Å². The normalized spacial score (nSPS) is 13.5. The zero-order chi connectivity index (χ0) is 23.0. The number of amides is 2. The lowest BCUT2D eigenvalue weighted by atomic mass is 10.2. The summed E-state index contributed by atoms with van der Waals surface area (Å²) in [6.45, 7) is 0.0344. The lowest BCUT2D eigenvalue weighted by molar-refractivity contribution is -0.0498. The summed E-state index contributed by atoms with van der Waals surface area (Å²) < 4.78 is 34.4. The van der Waals surface area contributed by atoms with E-state index in [1.165, 1.54) is 18.2 Å². The summed E-state index contributed by atoms with van der Waals surface area (Å²) in [6.07, 6.45) is 1.72. The predicted molar refractivity (Wildman–Crippen MR) is 121 cm³/mol. The number of urea groups is 1. The number of carbonyl (C=O) groups is 1. The molecule has 0 bridgehead atoms. The van der Waals surface area contributed by atoms with Crippen molar-refractivity contribution in [3.63, 3.8) is 0 Å². The summed E-state index contributed by atoms with van der Waals surface area (Å²) in [7, 11) is 0. The number of alkyl halides is 2. The van der Waals surface area contributed by atoms with E-state index < -0.39 is 12.6 Å². The molecule has 2 amide bonds. The molecule has 1 aliphatic rings. The van der Waals surface area contributed by atoms with Crippen LogP contribution in [0.15, 0.2) is 60.8 Å². The molecule has 0 radical (unpaired) electrons. The largest absolute Gasteiger partial charge is 0.435 e. The first kappa shape index (κ1) is 22.2. The second kappa shape index (κ2) is 10.6. The number of morpholine rings is 1. The number of hydrogen-bond acceptors (Lipinski definition) is 7. The molecule has 0 unspecified atom stereocenters. The van der Waals surface area contributed by atoms with Crippen molar-refractivity contribution >= 4 is 34.6 Å². The number of nitrogens with zero attached hydrogens (tertiary/aromatic N) is 3. The summed E-state index contributed by atoms with van der Waals surface area (Å²) >= 11 is 0. The van der Waals surface area contributed by atoms with E-state index in [1.807, 2.05) is 6.07 Å². The second-order valence-corrected chi connectivity index (χ2v) is 7.09. The summed E-state index contributed by atoms with van der Waals surface area (Å²) in [5.74, 6) is 0.558. The van der Waals surface area contributed by atoms with Gasteiger partial charge in [-0.1, -0.05) is 6.07 Å². The van der Waals surface area contributed by atoms with Gasteiger partial charge >= 0.3 is 12.6 Å². The molecule has 11 heteroatoms. The zero-order valence-corrected chi connectivity index (χ0v) is 17.5. The van der Waals surface area contributed by atoms with Gasteiger partial charge in [0.25, 0.3) is 0 Å². The molecule has 3 aromatic rings. The molecule has 1 aliphatic heterocycles. The van der Waals surface area contributed by atoms with E-state index in [0.717, 1.165) is 24.5 Å². The number of anilines is 5. The number of hydrogen-bond donors (Lipinski definition) is 3. The van der Waals surface area contributed by atoms with Gasteiger partial charge < -0.3 is 30.3 Å². The third kappa shape index (κ3) is 6.50. The molecule has 0 saturated carbocycles. The van der Waals surface area contributed by atoms with Crippen LogP contribution in [0.3, 0.4) is 0 Å². The van der Waals surface area contributed by atoms with Gasteiger partial charge in [-0.3, -0.25) is 0 Å². The van der Waals surface area contributed by atoms with Crippen molar-refractivity contribution < 1.29 is 23.0 Å². The lowest BCUT2D eigenvalue weighted by Gasteiger charge is -2.28. The van der Waals surface area contributed by atoms with Crippen LogP contribution in [0.5, 0.6) is 5.75 Å². The van der Waals surface area contributed by atoms with Gasteiger partial charge in [0.1, 0.15) is 5.75 Å². The maximum atomic E-state index is 12.3. The van der Waals surface area contributed by atoms with E-state index in [2.05, 4.69) is 35.8 Å². The Kier molecular flexibility index (Phi) is 7.10. The fourth-order valence-corrected chi connectivity index (χ4v) is 3.24. The van der Waals surface area contributed by atoms with Crippen LogP contribution in [0, 0.1) is 0 Å². The fourth-order valence-electron chi connectivity index (χ4n) is 3.24. The highest BCUT2D eigenvalue weighted by Gasteiger charge is 2.12. The second-order valence-electron chi connectivity index (χ2n) is 7.09. The standard InChI is InChI=1S/C22H22F2N6O3/c23-21(24)33-19-3-1-2-17(12-19)28-22(31)27-16-6-4-15(5-7-16)26-20-13-18(14-25-29-20)30-8-10-32-11-9-30/h1-7,12-14,21H,8-11H2,(H,26,29)(H2,27,28,31). The number of benzene rings is 2. The fraction of sp³-hybridized carbons (Fsp3) is 0.227. The number of ether oxygens (including phenoxy) is 2. The quantitative estimate of drug-likeness (QED) is 0.487. The van der Waals surface area contributed by atoms with E-state index in [9.17, 15) is 13.6 Å². The van der Waals surface area contributed by atoms with E-state index in [1.54, 1.807) is 36.5 Å². The molecule has 1 aromatic heterocycles. The van der Waals surface area contributed by atoms with Crippen molar-refractivity contribution in [2.75, 3.05) is 47.2 Å². The van der Waals surface area contributed by atoms with E-state index in [4.69, 9.17) is 4.74 Å². The molecule has 172 valence electrons. The first-order valence-electron chi connectivity index (χ1n) is 10.2. The van der Waals surface area contributed by atoms with Crippen LogP contribution in [-0.4, -0.2) is 49.1 Å². The third-order valence-electron chi connectivity index (χ3n) is 4.75. The minimum absolute atomic E-state index is 0.0426. The summed E-state index contributed by atoms with van der Waals surface area (Å²) in [5.41, 5.74) is 2.61. The number of halogens is 2. The van der Waals surface area contributed by atoms with Gasteiger partial charge in [-0.15, -0.1) is 5.10 Å². The van der Waals surface area contributed by atoms with Crippen LogP contribution in [-0.2, 0) is 4.74 Å². The zero-order valence-electron chi connectivity index (χ0n) is 17.5. The van der Waals surface area contributed by atoms with Crippen LogP contribution >= 0.6 is 0 Å². The van der Waals surface area contributed by atoms with Crippen molar-refractivity contribution in [3.8, 4) is 5.75 Å². The first-order chi connectivity index (χ1) is 16.0. The monoisotopic (exact) mass is 456 g/mol. The average Bonchev–Trinajstić information content (AvgIpc) is 2.81. The Bertz CT molecular complexity index is 1080. The highest BCUT2D eigenvalue weighted by atomic mass is 19.3. The van der Waals surface area contributed by atoms with Crippen LogP contribution in [0.2, 0.25) is 0 Å². The molecule has 2 heterocycles. The highest BCUT2D eigenvalue weighted by molar-refractivity contribution is 5.99. The van der Waals surface area contributed by atoms with Crippen molar-refractivity contribution in [1.29, 1.82) is 0 Å². The molecule has 2 aromatic carbocycles. The molecule has 0 spiro atoms. The molecule has 9 nitrogen and oxygen atoms in total. The van der Waals surface area contributed by atoms with Gasteiger partial charge in [0.15, 0.2) is 5.82 Å². The van der Waals surface area contributed by atoms with Crippen LogP contribution in [0.25, 0.3) is 0 Å². The van der Waals surface area contributed by atoms with Crippen LogP contribution in [0.1, 0.15) is 0 Å². The molecule has 0 aliphatic carbocycles. The number of aromatic nitrogens is 2. The molecular weight excluding hydrogens is 434 g/mol. The Balaban J connectivity index is 1.32. The molecular formula is C22H22F2N6O3. The Morgan fingerprint density at radius 3 is 2.48 bits per heavy atom. The van der Waals surface area contributed by atoms with Gasteiger partial charge in [-0.05, 0) is 36.4 Å². The molecule has 33 heavy (non-hydrogen) atoms. The van der Waals surface area contributed by atoms with Gasteiger partial charge in [0, 0.05) is 42.3 Å². The third-order valence-corrected chi connectivity index (χ3v) is 4.75. The van der Waals surface area contributed by atoms with Crippen molar-refractivity contribution in [2.45, 2.75) is 6.61 Å². The number of nitrogens with one attached hydrogen (secondary N) is 3. The van der Waals surface area contributed by atoms with E-state index in [-0.39, 0.29) is 5.75 Å². The van der Waals surface area contributed by atoms with Gasteiger partial charge in [0.2, 0.25) is 0 Å². The van der Waals surface area contributed by atoms with Crippen molar-refractivity contribution in [1.82, 2.24) is 10.2 Å². The number of rotatable bonds is 7. The molecule has 1 saturated heterocycles. The van der Waals surface area contributed by atoms with Crippen LogP contribution in [0.4, 0.5) is 42.1 Å². The maximum absolute atomic E-state index is 12.3. The Morgan fingerprint density at radius 2 is 1.73 bits per heavy atom. The number of carbonyl (C=O) groups excluding carboxylic acids is 1. The average molecular weight is 456 g/mol. The Labute approximate surface area is 188 Å².